The number of piperidine rings is 1. The summed E-state index contributed by atoms with van der Waals surface area (Å²) in [5.41, 5.74) is 1.50. The molecule has 0 saturated carbocycles. The highest BCUT2D eigenvalue weighted by Crippen LogP contribution is 2.27. The molecule has 1 heterocycles. The second-order valence-electron chi connectivity index (χ2n) is 6.17. The third-order valence-corrected chi connectivity index (χ3v) is 4.00. The lowest BCUT2D eigenvalue weighted by Crippen LogP contribution is -2.50. The fraction of sp³-hybridized carbons (Fsp3) is 0.412. The van der Waals surface area contributed by atoms with Crippen LogP contribution in [0.25, 0.3) is 10.8 Å². The molecule has 2 heteroatoms. The number of benzene rings is 2. The summed E-state index contributed by atoms with van der Waals surface area (Å²) in [5, 5.41) is 9.94. The minimum absolute atomic E-state index is 0.237. The van der Waals surface area contributed by atoms with Gasteiger partial charge in [-0.1, -0.05) is 36.4 Å². The molecule has 0 aliphatic carbocycles. The van der Waals surface area contributed by atoms with E-state index in [4.69, 9.17) is 0 Å². The average Bonchev–Trinajstić information content (AvgIpc) is 2.38. The average molecular weight is 254 g/mol. The Hall–Kier alpha value is -1.54. The van der Waals surface area contributed by atoms with E-state index >= 15 is 0 Å². The molecule has 1 saturated heterocycles. The third kappa shape index (κ3) is 2.74. The van der Waals surface area contributed by atoms with Crippen LogP contribution in [0.1, 0.15) is 26.7 Å². The van der Waals surface area contributed by atoms with E-state index in [0.29, 0.717) is 6.04 Å². The van der Waals surface area contributed by atoms with Gasteiger partial charge in [0, 0.05) is 22.7 Å². The Balaban J connectivity index is 1.85. The lowest BCUT2D eigenvalue weighted by Gasteiger charge is -2.37. The predicted molar refractivity (Wildman–Crippen MR) is 82.7 cm³/mol. The summed E-state index contributed by atoms with van der Waals surface area (Å²) in [4.78, 5) is 0. The Kier molecular flexibility index (Phi) is 3.19. The zero-order valence-corrected chi connectivity index (χ0v) is 11.7. The van der Waals surface area contributed by atoms with Crippen LogP contribution in [0.15, 0.2) is 42.5 Å². The van der Waals surface area contributed by atoms with Crippen molar-refractivity contribution in [2.24, 2.45) is 0 Å². The van der Waals surface area contributed by atoms with Gasteiger partial charge in [0.2, 0.25) is 0 Å². The second kappa shape index (κ2) is 4.86. The Labute approximate surface area is 115 Å². The molecule has 100 valence electrons. The number of hydrogen-bond acceptors (Lipinski definition) is 2. The van der Waals surface area contributed by atoms with Crippen LogP contribution in [0.3, 0.4) is 0 Å². The molecule has 1 aliphatic rings. The first-order valence-corrected chi connectivity index (χ1v) is 7.13. The third-order valence-electron chi connectivity index (χ3n) is 4.00. The standard InChI is InChI=1S/C17H22N2/c1-17(2)12-14(10-11-18-17)19-16-9-5-7-13-6-3-4-8-15(13)16/h3-9,14,18-19H,10-12H2,1-2H3. The summed E-state index contributed by atoms with van der Waals surface area (Å²) in [6.07, 6.45) is 2.35. The van der Waals surface area contributed by atoms with Crippen molar-refractivity contribution in [1.29, 1.82) is 0 Å². The number of hydrogen-bond donors (Lipinski definition) is 2. The number of fused-ring (bicyclic) bond motifs is 1. The second-order valence-corrected chi connectivity index (χ2v) is 6.17. The van der Waals surface area contributed by atoms with Crippen molar-refractivity contribution < 1.29 is 0 Å². The van der Waals surface area contributed by atoms with E-state index in [-0.39, 0.29) is 5.54 Å². The summed E-state index contributed by atoms with van der Waals surface area (Å²) in [5.74, 6) is 0. The summed E-state index contributed by atoms with van der Waals surface area (Å²) in [6.45, 7) is 5.66. The van der Waals surface area contributed by atoms with Crippen molar-refractivity contribution in [3.8, 4) is 0 Å². The lowest BCUT2D eigenvalue weighted by molar-refractivity contribution is 0.286. The molecule has 1 atom stereocenters. The molecule has 0 amide bonds. The van der Waals surface area contributed by atoms with Crippen molar-refractivity contribution in [2.45, 2.75) is 38.3 Å². The molecule has 19 heavy (non-hydrogen) atoms. The summed E-state index contributed by atoms with van der Waals surface area (Å²) >= 11 is 0. The molecule has 1 fully saturated rings. The normalized spacial score (nSPS) is 22.3. The molecule has 2 N–H and O–H groups in total. The van der Waals surface area contributed by atoms with Crippen LogP contribution >= 0.6 is 0 Å². The van der Waals surface area contributed by atoms with Crippen LogP contribution in [0.4, 0.5) is 5.69 Å². The lowest BCUT2D eigenvalue weighted by atomic mass is 9.89. The highest BCUT2D eigenvalue weighted by atomic mass is 15.0. The molecule has 0 spiro atoms. The van der Waals surface area contributed by atoms with Crippen molar-refractivity contribution in [1.82, 2.24) is 5.32 Å². The molecule has 2 nitrogen and oxygen atoms in total. The van der Waals surface area contributed by atoms with Crippen LogP contribution in [0, 0.1) is 0 Å². The van der Waals surface area contributed by atoms with Crippen LogP contribution in [-0.2, 0) is 0 Å². The van der Waals surface area contributed by atoms with E-state index in [1.165, 1.54) is 22.9 Å². The molecule has 0 radical (unpaired) electrons. The zero-order chi connectivity index (χ0) is 13.3. The van der Waals surface area contributed by atoms with Crippen LogP contribution in [0.2, 0.25) is 0 Å². The van der Waals surface area contributed by atoms with E-state index in [0.717, 1.165) is 13.0 Å². The maximum Gasteiger partial charge on any atom is 0.0422 e. The SMILES string of the molecule is CC1(C)CC(Nc2cccc3ccccc23)CCN1. The van der Waals surface area contributed by atoms with Crippen LogP contribution < -0.4 is 10.6 Å². The highest BCUT2D eigenvalue weighted by Gasteiger charge is 2.27. The molecular weight excluding hydrogens is 232 g/mol. The van der Waals surface area contributed by atoms with Gasteiger partial charge in [-0.25, -0.2) is 0 Å². The molecule has 2 aromatic rings. The number of rotatable bonds is 2. The predicted octanol–water partition coefficient (Wildman–Crippen LogP) is 3.78. The van der Waals surface area contributed by atoms with Gasteiger partial charge in [-0.2, -0.15) is 0 Å². The zero-order valence-electron chi connectivity index (χ0n) is 11.7. The first kappa shape index (κ1) is 12.5. The van der Waals surface area contributed by atoms with Gasteiger partial charge in [0.25, 0.3) is 0 Å². The Morgan fingerprint density at radius 3 is 2.74 bits per heavy atom. The van der Waals surface area contributed by atoms with E-state index in [9.17, 15) is 0 Å². The van der Waals surface area contributed by atoms with Gasteiger partial charge in [-0.3, -0.25) is 0 Å². The fourth-order valence-electron chi connectivity index (χ4n) is 3.07. The monoisotopic (exact) mass is 254 g/mol. The van der Waals surface area contributed by atoms with Gasteiger partial charge in [-0.15, -0.1) is 0 Å². The Morgan fingerprint density at radius 1 is 1.11 bits per heavy atom. The molecule has 0 bridgehead atoms. The van der Waals surface area contributed by atoms with Gasteiger partial charge in [-0.05, 0) is 44.7 Å². The number of anilines is 1. The van der Waals surface area contributed by atoms with Crippen molar-refractivity contribution in [3.63, 3.8) is 0 Å². The molecule has 1 unspecified atom stereocenters. The van der Waals surface area contributed by atoms with Gasteiger partial charge in [0.15, 0.2) is 0 Å². The smallest absolute Gasteiger partial charge is 0.0422 e. The highest BCUT2D eigenvalue weighted by molar-refractivity contribution is 5.93. The van der Waals surface area contributed by atoms with Crippen molar-refractivity contribution in [2.75, 3.05) is 11.9 Å². The summed E-state index contributed by atoms with van der Waals surface area (Å²) in [6, 6.07) is 15.6. The topological polar surface area (TPSA) is 24.1 Å². The fourth-order valence-corrected chi connectivity index (χ4v) is 3.07. The minimum atomic E-state index is 0.237. The van der Waals surface area contributed by atoms with Gasteiger partial charge in [0.1, 0.15) is 0 Å². The molecule has 1 aliphatic heterocycles. The summed E-state index contributed by atoms with van der Waals surface area (Å²) < 4.78 is 0. The Bertz CT molecular complexity index is 569. The van der Waals surface area contributed by atoms with Crippen LogP contribution in [0.5, 0.6) is 0 Å². The Morgan fingerprint density at radius 2 is 1.89 bits per heavy atom. The van der Waals surface area contributed by atoms with E-state index in [1.807, 2.05) is 0 Å². The van der Waals surface area contributed by atoms with Gasteiger partial charge >= 0.3 is 0 Å². The quantitative estimate of drug-likeness (QED) is 0.852. The molecule has 2 aromatic carbocycles. The van der Waals surface area contributed by atoms with E-state index < -0.39 is 0 Å². The summed E-state index contributed by atoms with van der Waals surface area (Å²) in [7, 11) is 0. The first-order valence-electron chi connectivity index (χ1n) is 7.13. The molecule has 3 rings (SSSR count). The van der Waals surface area contributed by atoms with E-state index in [2.05, 4.69) is 66.9 Å². The van der Waals surface area contributed by atoms with Crippen LogP contribution in [-0.4, -0.2) is 18.1 Å². The van der Waals surface area contributed by atoms with Crippen molar-refractivity contribution >= 4 is 16.5 Å². The largest absolute Gasteiger partial charge is 0.382 e. The maximum atomic E-state index is 3.74. The van der Waals surface area contributed by atoms with Gasteiger partial charge < -0.3 is 10.6 Å². The van der Waals surface area contributed by atoms with Gasteiger partial charge in [0.05, 0.1) is 0 Å². The number of nitrogens with one attached hydrogen (secondary N) is 2. The molecule has 0 aromatic heterocycles. The van der Waals surface area contributed by atoms with E-state index in [1.54, 1.807) is 0 Å². The molecular formula is C17H22N2. The first-order chi connectivity index (χ1) is 9.14. The minimum Gasteiger partial charge on any atom is -0.382 e. The maximum absolute atomic E-state index is 3.74. The van der Waals surface area contributed by atoms with Crippen molar-refractivity contribution in [3.05, 3.63) is 42.5 Å².